The number of sulfonamides is 1. The molecule has 0 saturated carbocycles. The molecule has 44 heavy (non-hydrogen) atoms. The third-order valence-corrected chi connectivity index (χ3v) is 12.1. The first-order valence-electron chi connectivity index (χ1n) is 15.8. The van der Waals surface area contributed by atoms with E-state index in [4.69, 9.17) is 14.5 Å². The second kappa shape index (κ2) is 12.9. The van der Waals surface area contributed by atoms with Gasteiger partial charge in [0.15, 0.2) is 0 Å². The molecule has 0 amide bonds. The van der Waals surface area contributed by atoms with E-state index in [9.17, 15) is 8.42 Å². The summed E-state index contributed by atoms with van der Waals surface area (Å²) in [6, 6.07) is 9.27. The second-order valence-electron chi connectivity index (χ2n) is 12.5. The Hall–Kier alpha value is -3.44. The van der Waals surface area contributed by atoms with Gasteiger partial charge in [-0.3, -0.25) is 4.98 Å². The van der Waals surface area contributed by atoms with Crippen LogP contribution in [0.2, 0.25) is 0 Å². The molecule has 0 radical (unpaired) electrons. The van der Waals surface area contributed by atoms with Crippen molar-refractivity contribution < 1.29 is 17.9 Å². The number of rotatable bonds is 8. The van der Waals surface area contributed by atoms with E-state index in [1.807, 2.05) is 26.2 Å². The van der Waals surface area contributed by atoms with Gasteiger partial charge in [0.2, 0.25) is 21.9 Å². The largest absolute Gasteiger partial charge is 0.497 e. The van der Waals surface area contributed by atoms with Crippen LogP contribution in [0, 0.1) is 19.3 Å². The number of aryl methyl sites for hydroxylation is 2. The molecule has 3 fully saturated rings. The Labute approximate surface area is 261 Å². The Morgan fingerprint density at radius 2 is 1.55 bits per heavy atom. The van der Waals surface area contributed by atoms with Crippen molar-refractivity contribution in [1.29, 1.82) is 0 Å². The van der Waals surface area contributed by atoms with Gasteiger partial charge in [0.25, 0.3) is 0 Å². The number of pyridine rings is 1. The normalized spacial score (nSPS) is 20.9. The minimum absolute atomic E-state index is 0.251. The maximum atomic E-state index is 13.9. The lowest BCUT2D eigenvalue weighted by Gasteiger charge is -2.47. The van der Waals surface area contributed by atoms with Crippen LogP contribution in [0.25, 0.3) is 0 Å². The van der Waals surface area contributed by atoms with Crippen LogP contribution in [0.3, 0.4) is 0 Å². The fourth-order valence-corrected chi connectivity index (χ4v) is 9.33. The molecule has 1 unspecified atom stereocenters. The lowest BCUT2D eigenvalue weighted by molar-refractivity contribution is 0.162. The van der Waals surface area contributed by atoms with Crippen molar-refractivity contribution in [3.63, 3.8) is 0 Å². The fraction of sp³-hybridized carbons (Fsp3) is 0.545. The Balaban J connectivity index is 1.07. The molecule has 1 aromatic carbocycles. The van der Waals surface area contributed by atoms with Crippen LogP contribution in [0.4, 0.5) is 11.6 Å². The highest BCUT2D eigenvalue weighted by atomic mass is 32.2. The van der Waals surface area contributed by atoms with Gasteiger partial charge in [0.05, 0.1) is 18.0 Å². The number of hydrogen-bond donors (Lipinski definition) is 0. The van der Waals surface area contributed by atoms with Crippen LogP contribution < -0.4 is 19.3 Å². The smallest absolute Gasteiger partial charge is 0.243 e. The maximum absolute atomic E-state index is 13.9. The monoisotopic (exact) mass is 620 g/mol. The summed E-state index contributed by atoms with van der Waals surface area (Å²) in [4.78, 5) is 18.6. The minimum atomic E-state index is -3.71. The van der Waals surface area contributed by atoms with Gasteiger partial charge >= 0.3 is 0 Å². The van der Waals surface area contributed by atoms with Crippen molar-refractivity contribution in [3.05, 3.63) is 60.0 Å². The van der Waals surface area contributed by atoms with Crippen LogP contribution in [0.15, 0.2) is 53.8 Å². The van der Waals surface area contributed by atoms with Crippen LogP contribution in [0.5, 0.6) is 11.6 Å². The van der Waals surface area contributed by atoms with Crippen LogP contribution >= 0.6 is 0 Å². The number of piperidine rings is 3. The molecule has 3 aliphatic heterocycles. The van der Waals surface area contributed by atoms with Gasteiger partial charge in [-0.25, -0.2) is 13.4 Å². The Kier molecular flexibility index (Phi) is 8.96. The molecule has 1 spiro atoms. The highest BCUT2D eigenvalue weighted by molar-refractivity contribution is 7.89. The van der Waals surface area contributed by atoms with Crippen molar-refractivity contribution in [2.75, 3.05) is 56.2 Å². The molecule has 0 aliphatic carbocycles. The summed E-state index contributed by atoms with van der Waals surface area (Å²) >= 11 is 0. The van der Waals surface area contributed by atoms with Gasteiger partial charge in [-0.2, -0.15) is 9.29 Å². The van der Waals surface area contributed by atoms with Crippen LogP contribution in [-0.4, -0.2) is 80.2 Å². The number of hydrogen-bond acceptors (Lipinski definition) is 9. The molecule has 1 atom stereocenters. The van der Waals surface area contributed by atoms with Gasteiger partial charge in [-0.05, 0) is 93.2 Å². The first kappa shape index (κ1) is 30.6. The fourth-order valence-electron chi connectivity index (χ4n) is 7.23. The van der Waals surface area contributed by atoms with Gasteiger partial charge in [0, 0.05) is 63.1 Å². The van der Waals surface area contributed by atoms with E-state index < -0.39 is 10.0 Å². The predicted octanol–water partition coefficient (Wildman–Crippen LogP) is 5.01. The zero-order valence-electron chi connectivity index (χ0n) is 26.1. The van der Waals surface area contributed by atoms with E-state index >= 15 is 0 Å². The van der Waals surface area contributed by atoms with Crippen LogP contribution in [-0.2, 0) is 10.0 Å². The van der Waals surface area contributed by atoms with E-state index in [1.54, 1.807) is 35.8 Å². The van der Waals surface area contributed by atoms with Crippen molar-refractivity contribution in [2.45, 2.75) is 69.7 Å². The van der Waals surface area contributed by atoms with E-state index in [-0.39, 0.29) is 12.6 Å². The molecule has 2 aromatic heterocycles. The van der Waals surface area contributed by atoms with Crippen molar-refractivity contribution in [1.82, 2.24) is 19.3 Å². The quantitative estimate of drug-likeness (QED) is 0.344. The summed E-state index contributed by atoms with van der Waals surface area (Å²) in [6.45, 7) is 8.39. The Bertz CT molecular complexity index is 1510. The molecule has 10 nitrogen and oxygen atoms in total. The zero-order valence-corrected chi connectivity index (χ0v) is 26.9. The van der Waals surface area contributed by atoms with Crippen molar-refractivity contribution in [2.24, 2.45) is 5.41 Å². The van der Waals surface area contributed by atoms with E-state index in [0.29, 0.717) is 45.6 Å². The summed E-state index contributed by atoms with van der Waals surface area (Å²) in [6.07, 6.45) is 12.7. The summed E-state index contributed by atoms with van der Waals surface area (Å²) in [7, 11) is -2.12. The maximum Gasteiger partial charge on any atom is 0.243 e. The Morgan fingerprint density at radius 1 is 0.886 bits per heavy atom. The molecule has 3 aromatic rings. The van der Waals surface area contributed by atoms with Gasteiger partial charge in [0.1, 0.15) is 12.4 Å². The number of nitrogens with zero attached hydrogens (tertiary/aromatic N) is 6. The lowest BCUT2D eigenvalue weighted by Crippen LogP contribution is -2.47. The first-order chi connectivity index (χ1) is 21.3. The summed E-state index contributed by atoms with van der Waals surface area (Å²) in [5.41, 5.74) is 3.02. The summed E-state index contributed by atoms with van der Waals surface area (Å²) < 4.78 is 41.0. The SMILES string of the molecule is COc1cc(C)c(S(=O)(=O)N2CCCCC2COc2ccnc(N3CCC4(CCN(c5ccncc5)CC4)CC3)n2)c(C)c1. The molecule has 0 bridgehead atoms. The molecule has 6 rings (SSSR count). The van der Waals surface area contributed by atoms with E-state index in [0.717, 1.165) is 58.3 Å². The van der Waals surface area contributed by atoms with Gasteiger partial charge in [-0.1, -0.05) is 6.42 Å². The average Bonchev–Trinajstić information content (AvgIpc) is 3.05. The lowest BCUT2D eigenvalue weighted by atomic mass is 9.71. The van der Waals surface area contributed by atoms with E-state index in [2.05, 4.69) is 31.9 Å². The third kappa shape index (κ3) is 6.35. The number of anilines is 2. The number of methoxy groups -OCH3 is 1. The molecule has 3 aliphatic rings. The summed E-state index contributed by atoms with van der Waals surface area (Å²) in [5.74, 6) is 1.83. The Morgan fingerprint density at radius 3 is 2.20 bits per heavy atom. The second-order valence-corrected chi connectivity index (χ2v) is 14.4. The standard InChI is InChI=1S/C33H44N6O4S/c1-25-22-29(42-3)23-26(2)31(25)44(40,41)39-17-5-4-6-28(39)24-43-30-9-16-35-32(36-30)38-20-12-33(13-21-38)10-18-37(19-11-33)27-7-14-34-15-8-27/h7-9,14-16,22-23,28H,4-6,10-13,17-21,24H2,1-3H3. The van der Waals surface area contributed by atoms with Crippen molar-refractivity contribution >= 4 is 21.7 Å². The predicted molar refractivity (Wildman–Crippen MR) is 171 cm³/mol. The van der Waals surface area contributed by atoms with Gasteiger partial charge in [-0.15, -0.1) is 0 Å². The molecule has 0 N–H and O–H groups in total. The molecule has 3 saturated heterocycles. The number of ether oxygens (including phenoxy) is 2. The molecule has 236 valence electrons. The highest BCUT2D eigenvalue weighted by Gasteiger charge is 2.39. The highest BCUT2D eigenvalue weighted by Crippen LogP contribution is 2.42. The zero-order chi connectivity index (χ0) is 30.7. The van der Waals surface area contributed by atoms with Crippen molar-refractivity contribution in [3.8, 4) is 11.6 Å². The molecule has 5 heterocycles. The minimum Gasteiger partial charge on any atom is -0.497 e. The topological polar surface area (TPSA) is 101 Å². The molecular formula is C33H44N6O4S. The van der Waals surface area contributed by atoms with E-state index in [1.165, 1.54) is 18.5 Å². The first-order valence-corrected chi connectivity index (χ1v) is 17.2. The summed E-state index contributed by atoms with van der Waals surface area (Å²) in [5, 5.41) is 0. The van der Waals surface area contributed by atoms with Crippen LogP contribution in [0.1, 0.15) is 56.1 Å². The number of aromatic nitrogens is 3. The van der Waals surface area contributed by atoms with Gasteiger partial charge < -0.3 is 19.3 Å². The molecular weight excluding hydrogens is 576 g/mol. The molecule has 11 heteroatoms. The third-order valence-electron chi connectivity index (χ3n) is 9.81. The number of benzene rings is 1. The average molecular weight is 621 g/mol.